The van der Waals surface area contributed by atoms with E-state index < -0.39 is 0 Å². The van der Waals surface area contributed by atoms with Crippen LogP contribution < -0.4 is 5.32 Å². The number of hydrogen-bond acceptors (Lipinski definition) is 3. The van der Waals surface area contributed by atoms with Crippen LogP contribution in [0.1, 0.15) is 25.3 Å². The summed E-state index contributed by atoms with van der Waals surface area (Å²) in [5.74, 6) is -0.201. The Balaban J connectivity index is 2.07. The summed E-state index contributed by atoms with van der Waals surface area (Å²) in [6, 6.07) is 10.2. The Morgan fingerprint density at radius 3 is 2.65 bits per heavy atom. The molecule has 1 aromatic rings. The molecule has 1 atom stereocenters. The molecule has 0 radical (unpaired) electrons. The van der Waals surface area contributed by atoms with E-state index >= 15 is 0 Å². The molecule has 0 aliphatic heterocycles. The van der Waals surface area contributed by atoms with Crippen molar-refractivity contribution in [3.05, 3.63) is 35.9 Å². The zero-order chi connectivity index (χ0) is 12.5. The minimum Gasteiger partial charge on any atom is -0.468 e. The molecular formula is C14H21NO2. The largest absolute Gasteiger partial charge is 0.468 e. The number of nitrogens with one attached hydrogen (secondary N) is 1. The maximum Gasteiger partial charge on any atom is 0.322 e. The topological polar surface area (TPSA) is 38.3 Å². The normalized spacial score (nSPS) is 12.1. The second-order valence-electron chi connectivity index (χ2n) is 4.14. The van der Waals surface area contributed by atoms with Crippen molar-refractivity contribution >= 4 is 5.97 Å². The number of hydrogen-bond donors (Lipinski definition) is 1. The summed E-state index contributed by atoms with van der Waals surface area (Å²) in [4.78, 5) is 11.1. The molecule has 3 heteroatoms. The molecule has 0 aromatic heterocycles. The summed E-state index contributed by atoms with van der Waals surface area (Å²) in [6.45, 7) is 2.67. The lowest BCUT2D eigenvalue weighted by Crippen LogP contribution is -2.35. The Hall–Kier alpha value is -1.35. The molecule has 0 bridgehead atoms. The van der Waals surface area contributed by atoms with E-state index in [4.69, 9.17) is 0 Å². The van der Waals surface area contributed by atoms with Gasteiger partial charge in [-0.25, -0.2) is 0 Å². The van der Waals surface area contributed by atoms with Gasteiger partial charge in [0.25, 0.3) is 0 Å². The Morgan fingerprint density at radius 2 is 2.00 bits per heavy atom. The van der Waals surface area contributed by atoms with E-state index in [0.29, 0.717) is 0 Å². The average Bonchev–Trinajstić information content (AvgIpc) is 2.38. The number of carbonyl (C=O) groups is 1. The van der Waals surface area contributed by atoms with Crippen LogP contribution in [0.2, 0.25) is 0 Å². The summed E-state index contributed by atoms with van der Waals surface area (Å²) < 4.78 is 4.64. The van der Waals surface area contributed by atoms with Crippen molar-refractivity contribution in [2.45, 2.75) is 32.2 Å². The van der Waals surface area contributed by atoms with E-state index in [1.165, 1.54) is 12.7 Å². The van der Waals surface area contributed by atoms with Crippen LogP contribution in [0.3, 0.4) is 0 Å². The number of ether oxygens (including phenoxy) is 1. The fourth-order valence-corrected chi connectivity index (χ4v) is 1.68. The highest BCUT2D eigenvalue weighted by molar-refractivity contribution is 5.74. The molecule has 0 fully saturated rings. The molecule has 0 aliphatic carbocycles. The number of esters is 1. The Bertz CT molecular complexity index is 324. The second kappa shape index (κ2) is 7.85. The Labute approximate surface area is 103 Å². The van der Waals surface area contributed by atoms with Crippen molar-refractivity contribution in [2.75, 3.05) is 13.7 Å². The molecule has 0 spiro atoms. The SMILES string of the molecule is COC(=O)C(C)NCCCCc1ccccc1. The average molecular weight is 235 g/mol. The maximum atomic E-state index is 11.1. The number of aryl methyl sites for hydroxylation is 1. The van der Waals surface area contributed by atoms with Crippen molar-refractivity contribution in [2.24, 2.45) is 0 Å². The highest BCUT2D eigenvalue weighted by Crippen LogP contribution is 2.03. The highest BCUT2D eigenvalue weighted by atomic mass is 16.5. The number of carbonyl (C=O) groups excluding carboxylic acids is 1. The van der Waals surface area contributed by atoms with Crippen LogP contribution in [0.4, 0.5) is 0 Å². The van der Waals surface area contributed by atoms with Crippen LogP contribution >= 0.6 is 0 Å². The molecule has 1 rings (SSSR count). The van der Waals surface area contributed by atoms with Crippen LogP contribution in [0.25, 0.3) is 0 Å². The lowest BCUT2D eigenvalue weighted by Gasteiger charge is -2.10. The van der Waals surface area contributed by atoms with Crippen LogP contribution in [0.5, 0.6) is 0 Å². The summed E-state index contributed by atoms with van der Waals surface area (Å²) in [5.41, 5.74) is 1.37. The molecule has 1 aromatic carbocycles. The number of methoxy groups -OCH3 is 1. The number of unbranched alkanes of at least 4 members (excludes halogenated alkanes) is 1. The monoisotopic (exact) mass is 235 g/mol. The third-order valence-corrected chi connectivity index (χ3v) is 2.74. The lowest BCUT2D eigenvalue weighted by atomic mass is 10.1. The Kier molecular flexibility index (Phi) is 6.33. The van der Waals surface area contributed by atoms with Gasteiger partial charge in [-0.3, -0.25) is 4.79 Å². The lowest BCUT2D eigenvalue weighted by molar-refractivity contribution is -0.142. The third-order valence-electron chi connectivity index (χ3n) is 2.74. The quantitative estimate of drug-likeness (QED) is 0.581. The molecule has 94 valence electrons. The van der Waals surface area contributed by atoms with Gasteiger partial charge < -0.3 is 10.1 Å². The summed E-state index contributed by atoms with van der Waals surface area (Å²) in [6.07, 6.45) is 3.29. The first-order valence-electron chi connectivity index (χ1n) is 6.09. The van der Waals surface area contributed by atoms with Gasteiger partial charge in [-0.05, 0) is 38.3 Å². The first-order valence-corrected chi connectivity index (χ1v) is 6.09. The van der Waals surface area contributed by atoms with Gasteiger partial charge in [0.1, 0.15) is 6.04 Å². The van der Waals surface area contributed by atoms with Gasteiger partial charge in [-0.2, -0.15) is 0 Å². The molecule has 17 heavy (non-hydrogen) atoms. The van der Waals surface area contributed by atoms with Gasteiger partial charge in [-0.15, -0.1) is 0 Å². The minimum absolute atomic E-state index is 0.201. The molecule has 0 heterocycles. The van der Waals surface area contributed by atoms with E-state index in [9.17, 15) is 4.79 Å². The Morgan fingerprint density at radius 1 is 1.29 bits per heavy atom. The van der Waals surface area contributed by atoms with Gasteiger partial charge >= 0.3 is 5.97 Å². The smallest absolute Gasteiger partial charge is 0.322 e. The van der Waals surface area contributed by atoms with Crippen molar-refractivity contribution in [1.82, 2.24) is 5.32 Å². The van der Waals surface area contributed by atoms with Crippen molar-refractivity contribution in [3.63, 3.8) is 0 Å². The molecule has 0 amide bonds. The highest BCUT2D eigenvalue weighted by Gasteiger charge is 2.10. The van der Waals surface area contributed by atoms with Crippen molar-refractivity contribution in [1.29, 1.82) is 0 Å². The summed E-state index contributed by atoms with van der Waals surface area (Å²) in [7, 11) is 1.41. The van der Waals surface area contributed by atoms with E-state index in [0.717, 1.165) is 25.8 Å². The molecule has 1 N–H and O–H groups in total. The predicted molar refractivity (Wildman–Crippen MR) is 68.9 cm³/mol. The summed E-state index contributed by atoms with van der Waals surface area (Å²) in [5, 5.41) is 3.15. The van der Waals surface area contributed by atoms with Gasteiger partial charge in [0, 0.05) is 0 Å². The van der Waals surface area contributed by atoms with Crippen LogP contribution in [-0.4, -0.2) is 25.7 Å². The number of rotatable bonds is 7. The maximum absolute atomic E-state index is 11.1. The van der Waals surface area contributed by atoms with E-state index in [1.54, 1.807) is 0 Å². The summed E-state index contributed by atoms with van der Waals surface area (Å²) >= 11 is 0. The predicted octanol–water partition coefficient (Wildman–Crippen LogP) is 2.16. The zero-order valence-electron chi connectivity index (χ0n) is 10.6. The second-order valence-corrected chi connectivity index (χ2v) is 4.14. The third kappa shape index (κ3) is 5.50. The fourth-order valence-electron chi connectivity index (χ4n) is 1.68. The van der Waals surface area contributed by atoms with Gasteiger partial charge in [0.15, 0.2) is 0 Å². The van der Waals surface area contributed by atoms with E-state index in [-0.39, 0.29) is 12.0 Å². The first-order chi connectivity index (χ1) is 8.24. The van der Waals surface area contributed by atoms with Gasteiger partial charge in [0.05, 0.1) is 7.11 Å². The standard InChI is InChI=1S/C14H21NO2/c1-12(14(16)17-2)15-11-7-6-10-13-8-4-3-5-9-13/h3-5,8-9,12,15H,6-7,10-11H2,1-2H3. The van der Waals surface area contributed by atoms with Crippen LogP contribution in [-0.2, 0) is 16.0 Å². The van der Waals surface area contributed by atoms with Crippen molar-refractivity contribution < 1.29 is 9.53 Å². The molecule has 3 nitrogen and oxygen atoms in total. The minimum atomic E-state index is -0.211. The molecule has 0 aliphatic rings. The molecule has 1 unspecified atom stereocenters. The molecule has 0 saturated carbocycles. The van der Waals surface area contributed by atoms with E-state index in [2.05, 4.69) is 34.3 Å². The molecular weight excluding hydrogens is 214 g/mol. The zero-order valence-corrected chi connectivity index (χ0v) is 10.6. The van der Waals surface area contributed by atoms with Gasteiger partial charge in [-0.1, -0.05) is 30.3 Å². The van der Waals surface area contributed by atoms with Crippen molar-refractivity contribution in [3.8, 4) is 0 Å². The van der Waals surface area contributed by atoms with Gasteiger partial charge in [0.2, 0.25) is 0 Å². The van der Waals surface area contributed by atoms with E-state index in [1.807, 2.05) is 13.0 Å². The fraction of sp³-hybridized carbons (Fsp3) is 0.500. The first kappa shape index (κ1) is 13.7. The molecule has 0 saturated heterocycles. The van der Waals surface area contributed by atoms with Crippen LogP contribution in [0, 0.1) is 0 Å². The van der Waals surface area contributed by atoms with Crippen LogP contribution in [0.15, 0.2) is 30.3 Å². The number of benzene rings is 1.